The normalized spacial score (nSPS) is 17.3. The van der Waals surface area contributed by atoms with Gasteiger partial charge in [0, 0.05) is 23.9 Å². The van der Waals surface area contributed by atoms with Crippen molar-refractivity contribution in [3.8, 4) is 0 Å². The lowest BCUT2D eigenvalue weighted by atomic mass is 10.1. The summed E-state index contributed by atoms with van der Waals surface area (Å²) >= 11 is 0. The summed E-state index contributed by atoms with van der Waals surface area (Å²) < 4.78 is 14.8. The van der Waals surface area contributed by atoms with Crippen molar-refractivity contribution in [3.63, 3.8) is 0 Å². The molecule has 0 aromatic carbocycles. The summed E-state index contributed by atoms with van der Waals surface area (Å²) in [5, 5.41) is 0. The third kappa shape index (κ3) is 5.50. The number of carbonyl (C=O) groups excluding carboxylic acids is 1. The highest BCUT2D eigenvalue weighted by atomic mass is 31.1. The molecule has 1 N–H and O–H groups in total. The average molecular weight is 326 g/mol. The third-order valence-corrected chi connectivity index (χ3v) is 3.19. The van der Waals surface area contributed by atoms with E-state index in [0.29, 0.717) is 31.2 Å². The third-order valence-electron chi connectivity index (χ3n) is 2.86. The van der Waals surface area contributed by atoms with Gasteiger partial charge in [0.2, 0.25) is 0 Å². The summed E-state index contributed by atoms with van der Waals surface area (Å²) in [7, 11) is -2.89. The molecule has 8 heteroatoms. The number of rotatable bonds is 4. The van der Waals surface area contributed by atoms with Crippen LogP contribution >= 0.6 is 8.25 Å². The largest absolute Gasteiger partial charge is 0.750 e. The first-order chi connectivity index (χ1) is 10.5. The first-order valence-corrected chi connectivity index (χ1v) is 8.23. The Labute approximate surface area is 131 Å². The fourth-order valence-electron chi connectivity index (χ4n) is 1.95. The first-order valence-electron chi connectivity index (χ1n) is 7.10. The van der Waals surface area contributed by atoms with E-state index in [9.17, 15) is 9.36 Å². The van der Waals surface area contributed by atoms with Crippen molar-refractivity contribution in [1.29, 1.82) is 0 Å². The van der Waals surface area contributed by atoms with E-state index in [4.69, 9.17) is 4.89 Å². The minimum absolute atomic E-state index is 0.409. The van der Waals surface area contributed by atoms with Gasteiger partial charge in [0.1, 0.15) is 5.82 Å². The zero-order valence-corrected chi connectivity index (χ0v) is 13.7. The molecule has 1 aliphatic rings. The van der Waals surface area contributed by atoms with E-state index < -0.39 is 20.1 Å². The molecule has 1 aliphatic heterocycles. The summed E-state index contributed by atoms with van der Waals surface area (Å²) in [5.74, 6) is 0.160. The molecule has 0 radical (unpaired) electrons. The van der Waals surface area contributed by atoms with Crippen molar-refractivity contribution in [2.24, 2.45) is 5.92 Å². The fraction of sp³-hybridized carbons (Fsp3) is 0.500. The van der Waals surface area contributed by atoms with Crippen molar-refractivity contribution in [1.82, 2.24) is 9.97 Å². The number of carbonyl (C=O) groups is 1. The minimum atomic E-state index is -2.89. The van der Waals surface area contributed by atoms with Crippen LogP contribution in [0.1, 0.15) is 32.5 Å². The highest BCUT2D eigenvalue weighted by molar-refractivity contribution is 7.32. The minimum Gasteiger partial charge on any atom is -0.356 e. The average Bonchev–Trinajstić information content (AvgIpc) is 2.97. The van der Waals surface area contributed by atoms with Crippen molar-refractivity contribution in [2.45, 2.75) is 26.7 Å². The van der Waals surface area contributed by atoms with E-state index in [0.717, 1.165) is 0 Å². The first kappa shape index (κ1) is 18.2. The molecule has 0 amide bonds. The van der Waals surface area contributed by atoms with Gasteiger partial charge >= 0.3 is 14.2 Å². The molecule has 0 spiro atoms. The van der Waals surface area contributed by atoms with E-state index in [1.54, 1.807) is 18.3 Å². The SMILES string of the molecule is C=Cc1nccc(N2CCC(C(=O)O[P+](=O)O)C2)n1.CCC. The molecule has 0 saturated carbocycles. The monoisotopic (exact) mass is 326 g/mol. The topological polar surface area (TPSA) is 92.6 Å². The standard InChI is InChI=1S/C11H12N3O4P.C3H8/c1-2-9-12-5-3-10(13-9)14-6-4-8(7-14)11(15)18-19(16)17;1-3-2/h2-3,5,8H,1,4,6-7H2;3H2,1-2H3/p+1. The smallest absolute Gasteiger partial charge is 0.356 e. The quantitative estimate of drug-likeness (QED) is 0.850. The molecular formula is C14H21N3O4P+. The Morgan fingerprint density at radius 3 is 2.91 bits per heavy atom. The Balaban J connectivity index is 0.000000745. The maximum Gasteiger partial charge on any atom is 0.750 e. The van der Waals surface area contributed by atoms with Gasteiger partial charge in [-0.15, -0.1) is 4.89 Å². The summed E-state index contributed by atoms with van der Waals surface area (Å²) in [6.45, 7) is 8.89. The van der Waals surface area contributed by atoms with Crippen molar-refractivity contribution < 1.29 is 18.8 Å². The molecule has 0 aliphatic carbocycles. The molecule has 0 bridgehead atoms. The van der Waals surface area contributed by atoms with Crippen LogP contribution < -0.4 is 4.90 Å². The zero-order valence-electron chi connectivity index (χ0n) is 12.8. The van der Waals surface area contributed by atoms with Crippen LogP contribution in [0.5, 0.6) is 0 Å². The second-order valence-electron chi connectivity index (χ2n) is 4.76. The van der Waals surface area contributed by atoms with Crippen LogP contribution in [-0.2, 0) is 13.9 Å². The lowest BCUT2D eigenvalue weighted by molar-refractivity contribution is -0.138. The van der Waals surface area contributed by atoms with E-state index in [-0.39, 0.29) is 0 Å². The maximum absolute atomic E-state index is 11.5. The zero-order chi connectivity index (χ0) is 16.5. The molecular weight excluding hydrogens is 305 g/mol. The number of hydrogen-bond donors (Lipinski definition) is 1. The molecule has 7 nitrogen and oxygen atoms in total. The molecule has 1 fully saturated rings. The molecule has 2 heterocycles. The maximum atomic E-state index is 11.5. The van der Waals surface area contributed by atoms with Gasteiger partial charge < -0.3 is 4.90 Å². The summed E-state index contributed by atoms with van der Waals surface area (Å²) in [6.07, 6.45) is 4.98. The predicted molar refractivity (Wildman–Crippen MR) is 84.3 cm³/mol. The summed E-state index contributed by atoms with van der Waals surface area (Å²) in [4.78, 5) is 30.2. The van der Waals surface area contributed by atoms with E-state index in [1.165, 1.54) is 6.42 Å². The molecule has 2 rings (SSSR count). The van der Waals surface area contributed by atoms with Crippen molar-refractivity contribution >= 4 is 26.1 Å². The number of aromatic nitrogens is 2. The Kier molecular flexibility index (Phi) is 7.63. The van der Waals surface area contributed by atoms with E-state index in [1.807, 2.05) is 4.90 Å². The van der Waals surface area contributed by atoms with Gasteiger partial charge in [0.05, 0.1) is 5.92 Å². The Morgan fingerprint density at radius 1 is 1.64 bits per heavy atom. The number of anilines is 1. The molecule has 1 aromatic heterocycles. The molecule has 22 heavy (non-hydrogen) atoms. The van der Waals surface area contributed by atoms with Gasteiger partial charge in [-0.3, -0.25) is 0 Å². The van der Waals surface area contributed by atoms with Gasteiger partial charge in [-0.25, -0.2) is 14.8 Å². The van der Waals surface area contributed by atoms with Crippen LogP contribution in [0.3, 0.4) is 0 Å². The Hall–Kier alpha value is -1.85. The predicted octanol–water partition coefficient (Wildman–Crippen LogP) is 2.56. The summed E-state index contributed by atoms with van der Waals surface area (Å²) in [5.41, 5.74) is 0. The van der Waals surface area contributed by atoms with Gasteiger partial charge in [-0.2, -0.15) is 4.52 Å². The van der Waals surface area contributed by atoms with Gasteiger partial charge in [0.15, 0.2) is 5.82 Å². The number of hydrogen-bond acceptors (Lipinski definition) is 6. The highest BCUT2D eigenvalue weighted by Gasteiger charge is 2.35. The van der Waals surface area contributed by atoms with Crippen LogP contribution in [0.15, 0.2) is 18.8 Å². The van der Waals surface area contributed by atoms with Crippen LogP contribution in [0.2, 0.25) is 0 Å². The Bertz CT molecular complexity index is 539. The van der Waals surface area contributed by atoms with Gasteiger partial charge in [-0.1, -0.05) is 26.8 Å². The molecule has 1 aromatic rings. The Morgan fingerprint density at radius 2 is 2.32 bits per heavy atom. The van der Waals surface area contributed by atoms with Crippen LogP contribution in [0, 0.1) is 5.92 Å². The van der Waals surface area contributed by atoms with Crippen LogP contribution in [-0.4, -0.2) is 33.9 Å². The van der Waals surface area contributed by atoms with E-state index >= 15 is 0 Å². The molecule has 2 unspecified atom stereocenters. The van der Waals surface area contributed by atoms with Crippen LogP contribution in [0.25, 0.3) is 6.08 Å². The molecule has 2 atom stereocenters. The summed E-state index contributed by atoms with van der Waals surface area (Å²) in [6, 6.07) is 1.74. The lowest BCUT2D eigenvalue weighted by Gasteiger charge is -2.16. The van der Waals surface area contributed by atoms with E-state index in [2.05, 4.69) is 34.9 Å². The fourth-order valence-corrected chi connectivity index (χ4v) is 2.25. The molecule has 120 valence electrons. The highest BCUT2D eigenvalue weighted by Crippen LogP contribution is 2.26. The van der Waals surface area contributed by atoms with Crippen LogP contribution in [0.4, 0.5) is 5.82 Å². The van der Waals surface area contributed by atoms with Crippen molar-refractivity contribution in [3.05, 3.63) is 24.7 Å². The van der Waals surface area contributed by atoms with Gasteiger partial charge in [0.25, 0.3) is 0 Å². The molecule has 1 saturated heterocycles. The second kappa shape index (κ2) is 9.23. The number of nitrogens with zero attached hydrogens (tertiary/aromatic N) is 3. The van der Waals surface area contributed by atoms with Crippen molar-refractivity contribution in [2.75, 3.05) is 18.0 Å². The van der Waals surface area contributed by atoms with Gasteiger partial charge in [-0.05, 0) is 18.6 Å². The second-order valence-corrected chi connectivity index (χ2v) is 5.42. The lowest BCUT2D eigenvalue weighted by Crippen LogP contribution is -2.24.